The van der Waals surface area contributed by atoms with Gasteiger partial charge in [0, 0.05) is 17.5 Å². The first-order valence-electron chi connectivity index (χ1n) is 10.7. The molecule has 0 spiro atoms. The Bertz CT molecular complexity index is 1190. The van der Waals surface area contributed by atoms with Gasteiger partial charge in [-0.1, -0.05) is 69.1 Å². The Labute approximate surface area is 196 Å². The van der Waals surface area contributed by atoms with E-state index in [1.165, 1.54) is 12.1 Å². The van der Waals surface area contributed by atoms with Gasteiger partial charge in [-0.3, -0.25) is 0 Å². The molecule has 7 nitrogen and oxygen atoms in total. The number of carbonyl (C=O) groups excluding carboxylic acids is 2. The molecule has 0 bridgehead atoms. The summed E-state index contributed by atoms with van der Waals surface area (Å²) in [6.07, 6.45) is 0.783. The molecule has 8 heteroatoms. The Morgan fingerprint density at radius 1 is 1.12 bits per heavy atom. The molecule has 0 saturated heterocycles. The van der Waals surface area contributed by atoms with E-state index in [1.54, 1.807) is 19.9 Å². The Hall–Kier alpha value is -3.32. The molecule has 33 heavy (non-hydrogen) atoms. The summed E-state index contributed by atoms with van der Waals surface area (Å²) in [7, 11) is 0. The molecule has 0 aliphatic carbocycles. The van der Waals surface area contributed by atoms with Crippen LogP contribution < -0.4 is 15.7 Å². The van der Waals surface area contributed by atoms with Gasteiger partial charge in [-0.25, -0.2) is 14.4 Å². The number of carbonyl (C=O) groups is 2. The minimum Gasteiger partial charge on any atom is -0.445 e. The van der Waals surface area contributed by atoms with Crippen molar-refractivity contribution >= 4 is 34.6 Å². The smallest absolute Gasteiger partial charge is 0.408 e. The second-order valence-electron chi connectivity index (χ2n) is 7.97. The predicted octanol–water partition coefficient (Wildman–Crippen LogP) is 5.26. The first kappa shape index (κ1) is 24.3. The first-order valence-corrected chi connectivity index (χ1v) is 11.1. The van der Waals surface area contributed by atoms with Gasteiger partial charge in [0.05, 0.1) is 5.02 Å². The zero-order chi connectivity index (χ0) is 24.0. The van der Waals surface area contributed by atoms with Crippen molar-refractivity contribution < 1.29 is 23.5 Å². The van der Waals surface area contributed by atoms with Gasteiger partial charge in [0.2, 0.25) is 0 Å². The fourth-order valence-electron chi connectivity index (χ4n) is 3.34. The van der Waals surface area contributed by atoms with Crippen molar-refractivity contribution in [1.29, 1.82) is 0 Å². The number of rotatable bonds is 8. The van der Waals surface area contributed by atoms with Crippen LogP contribution in [0.1, 0.15) is 38.3 Å². The van der Waals surface area contributed by atoms with E-state index in [0.29, 0.717) is 11.8 Å². The van der Waals surface area contributed by atoms with Crippen molar-refractivity contribution in [2.75, 3.05) is 0 Å². The monoisotopic (exact) mass is 471 g/mol. The number of fused-ring (bicyclic) bond motifs is 1. The molecule has 1 aromatic heterocycles. The van der Waals surface area contributed by atoms with Gasteiger partial charge in [0.15, 0.2) is 5.75 Å². The molecule has 1 N–H and O–H groups in total. The lowest BCUT2D eigenvalue weighted by Crippen LogP contribution is -2.46. The average Bonchev–Trinajstić information content (AvgIpc) is 2.77. The summed E-state index contributed by atoms with van der Waals surface area (Å²) in [5.74, 6) is -0.957. The molecule has 0 aliphatic heterocycles. The van der Waals surface area contributed by atoms with Crippen LogP contribution in [0.2, 0.25) is 5.02 Å². The summed E-state index contributed by atoms with van der Waals surface area (Å²) in [6.45, 7) is 5.60. The summed E-state index contributed by atoms with van der Waals surface area (Å²) < 4.78 is 16.0. The van der Waals surface area contributed by atoms with Crippen LogP contribution in [-0.2, 0) is 22.6 Å². The van der Waals surface area contributed by atoms with Crippen LogP contribution in [0.3, 0.4) is 0 Å². The van der Waals surface area contributed by atoms with Crippen molar-refractivity contribution in [2.45, 2.75) is 46.3 Å². The Balaban J connectivity index is 1.75. The van der Waals surface area contributed by atoms with Gasteiger partial charge in [-0.15, -0.1) is 0 Å². The lowest BCUT2D eigenvalue weighted by molar-refractivity contribution is -0.137. The molecule has 0 aliphatic rings. The zero-order valence-electron chi connectivity index (χ0n) is 18.7. The van der Waals surface area contributed by atoms with Gasteiger partial charge in [0.1, 0.15) is 18.2 Å². The summed E-state index contributed by atoms with van der Waals surface area (Å²) in [4.78, 5) is 37.0. The summed E-state index contributed by atoms with van der Waals surface area (Å²) in [6, 6.07) is 12.7. The van der Waals surface area contributed by atoms with Crippen molar-refractivity contribution in [1.82, 2.24) is 5.32 Å². The molecule has 1 atom stereocenters. The van der Waals surface area contributed by atoms with E-state index in [9.17, 15) is 14.4 Å². The van der Waals surface area contributed by atoms with E-state index in [0.717, 1.165) is 17.5 Å². The molecule has 0 unspecified atom stereocenters. The van der Waals surface area contributed by atoms with Crippen molar-refractivity contribution in [3.8, 4) is 5.75 Å². The SMILES string of the molecule is CCCc1cc(=O)oc2cc(OC(=O)[C@@H](NC(=O)OCc3ccccc3)C(C)C)c(Cl)cc12. The van der Waals surface area contributed by atoms with E-state index in [-0.39, 0.29) is 28.9 Å². The van der Waals surface area contributed by atoms with Gasteiger partial charge in [-0.2, -0.15) is 0 Å². The summed E-state index contributed by atoms with van der Waals surface area (Å²) >= 11 is 6.36. The van der Waals surface area contributed by atoms with Crippen LogP contribution in [0.5, 0.6) is 5.75 Å². The fourth-order valence-corrected chi connectivity index (χ4v) is 3.55. The minimum atomic E-state index is -0.974. The number of halogens is 1. The lowest BCUT2D eigenvalue weighted by Gasteiger charge is -2.21. The van der Waals surface area contributed by atoms with E-state index < -0.39 is 23.7 Å². The largest absolute Gasteiger partial charge is 0.445 e. The van der Waals surface area contributed by atoms with Crippen molar-refractivity contribution in [2.24, 2.45) is 5.92 Å². The standard InChI is InChI=1S/C25H26ClNO6/c1-4-8-17-11-22(28)32-20-13-21(19(26)12-18(17)20)33-24(29)23(15(2)3)27-25(30)31-14-16-9-6-5-7-10-16/h5-7,9-13,15,23H,4,8,14H2,1-3H3,(H,27,30)/t23-/m0/s1. The van der Waals surface area contributed by atoms with Crippen LogP contribution >= 0.6 is 11.6 Å². The first-order chi connectivity index (χ1) is 15.8. The maximum absolute atomic E-state index is 12.8. The normalized spacial score (nSPS) is 11.9. The van der Waals surface area contributed by atoms with Gasteiger partial charge in [-0.05, 0) is 29.5 Å². The number of hydrogen-bond acceptors (Lipinski definition) is 6. The van der Waals surface area contributed by atoms with Gasteiger partial charge in [0.25, 0.3) is 0 Å². The third-order valence-electron chi connectivity index (χ3n) is 5.02. The van der Waals surface area contributed by atoms with Crippen molar-refractivity contribution in [3.63, 3.8) is 0 Å². The molecule has 1 amide bonds. The minimum absolute atomic E-state index is 0.0380. The highest BCUT2D eigenvalue weighted by Gasteiger charge is 2.28. The summed E-state index contributed by atoms with van der Waals surface area (Å²) in [5, 5.41) is 3.42. The van der Waals surface area contributed by atoms with Crippen molar-refractivity contribution in [3.05, 3.63) is 75.1 Å². The quantitative estimate of drug-likeness (QED) is 0.274. The third-order valence-corrected chi connectivity index (χ3v) is 5.31. The molecule has 3 aromatic rings. The number of amides is 1. The van der Waals surface area contributed by atoms with Crippen LogP contribution in [-0.4, -0.2) is 18.1 Å². The average molecular weight is 472 g/mol. The molecule has 3 rings (SSSR count). The van der Waals surface area contributed by atoms with Crippen LogP contribution in [0.15, 0.2) is 57.7 Å². The number of alkyl carbamates (subject to hydrolysis) is 1. The van der Waals surface area contributed by atoms with Gasteiger partial charge >= 0.3 is 17.7 Å². The number of esters is 1. The second-order valence-corrected chi connectivity index (χ2v) is 8.38. The number of benzene rings is 2. The van der Waals surface area contributed by atoms with Crippen LogP contribution in [0.25, 0.3) is 11.0 Å². The molecule has 2 aromatic carbocycles. The number of hydrogen-bond donors (Lipinski definition) is 1. The molecule has 174 valence electrons. The fraction of sp³-hybridized carbons (Fsp3) is 0.320. The Kier molecular flexibility index (Phi) is 8.11. The van der Waals surface area contributed by atoms with E-state index in [4.69, 9.17) is 25.5 Å². The molecule has 1 heterocycles. The maximum Gasteiger partial charge on any atom is 0.408 e. The van der Waals surface area contributed by atoms with Crippen LogP contribution in [0.4, 0.5) is 4.79 Å². The maximum atomic E-state index is 12.8. The Morgan fingerprint density at radius 3 is 2.52 bits per heavy atom. The second kappa shape index (κ2) is 11.0. The van der Waals surface area contributed by atoms with E-state index in [1.807, 2.05) is 37.3 Å². The molecule has 0 radical (unpaired) electrons. The zero-order valence-corrected chi connectivity index (χ0v) is 19.5. The highest BCUT2D eigenvalue weighted by molar-refractivity contribution is 6.33. The highest BCUT2D eigenvalue weighted by Crippen LogP contribution is 2.32. The molecule has 0 fully saturated rings. The molecule has 0 saturated carbocycles. The van der Waals surface area contributed by atoms with Gasteiger partial charge < -0.3 is 19.2 Å². The number of ether oxygens (including phenoxy) is 2. The topological polar surface area (TPSA) is 94.8 Å². The highest BCUT2D eigenvalue weighted by atomic mass is 35.5. The lowest BCUT2D eigenvalue weighted by atomic mass is 10.0. The van der Waals surface area contributed by atoms with E-state index in [2.05, 4.69) is 5.32 Å². The third kappa shape index (κ3) is 6.35. The predicted molar refractivity (Wildman–Crippen MR) is 126 cm³/mol. The number of nitrogens with one attached hydrogen (secondary N) is 1. The molecular formula is C25H26ClNO6. The summed E-state index contributed by atoms with van der Waals surface area (Å²) in [5.41, 5.74) is 1.41. The number of aryl methyl sites for hydroxylation is 1. The van der Waals surface area contributed by atoms with Crippen LogP contribution in [0, 0.1) is 5.92 Å². The Morgan fingerprint density at radius 2 is 1.85 bits per heavy atom. The molecular weight excluding hydrogens is 446 g/mol. The van der Waals surface area contributed by atoms with E-state index >= 15 is 0 Å².